The third-order valence-electron chi connectivity index (χ3n) is 2.82. The van der Waals surface area contributed by atoms with Crippen LogP contribution in [0.1, 0.15) is 17.4 Å². The Labute approximate surface area is 133 Å². The lowest BCUT2D eigenvalue weighted by molar-refractivity contribution is -0.137. The maximum Gasteiger partial charge on any atom is 0.417 e. The zero-order valence-electron chi connectivity index (χ0n) is 11.7. The number of halogens is 3. The molecule has 1 unspecified atom stereocenters. The van der Waals surface area contributed by atoms with Crippen LogP contribution in [-0.4, -0.2) is 28.4 Å². The predicted octanol–water partition coefficient (Wildman–Crippen LogP) is 2.64. The van der Waals surface area contributed by atoms with Crippen LogP contribution in [0, 0.1) is 0 Å². The smallest absolute Gasteiger partial charge is 0.417 e. The lowest BCUT2D eigenvalue weighted by atomic mass is 10.2. The monoisotopic (exact) mass is 346 g/mol. The molecule has 2 aromatic heterocycles. The summed E-state index contributed by atoms with van der Waals surface area (Å²) in [4.78, 5) is 15.5. The van der Waals surface area contributed by atoms with Gasteiger partial charge >= 0.3 is 6.18 Å². The van der Waals surface area contributed by atoms with E-state index in [1.54, 1.807) is 12.1 Å². The Bertz CT molecular complexity index is 630. The summed E-state index contributed by atoms with van der Waals surface area (Å²) in [5.41, 5.74) is -0.843. The molecule has 0 fully saturated rings. The maximum absolute atomic E-state index is 12.4. The number of carbonyl (C=O) groups excluding carboxylic acids is 1. The molecule has 2 N–H and O–H groups in total. The number of hydrogen-bond donors (Lipinski definition) is 2. The average molecular weight is 346 g/mol. The molecule has 0 spiro atoms. The second-order valence-electron chi connectivity index (χ2n) is 4.49. The Balaban J connectivity index is 1.86. The highest BCUT2D eigenvalue weighted by atomic mass is 32.2. The predicted molar refractivity (Wildman–Crippen MR) is 76.6 cm³/mol. The zero-order chi connectivity index (χ0) is 16.9. The third-order valence-corrected chi connectivity index (χ3v) is 3.76. The fourth-order valence-corrected chi connectivity index (χ4v) is 2.36. The summed E-state index contributed by atoms with van der Waals surface area (Å²) >= 11 is 0.995. The highest BCUT2D eigenvalue weighted by molar-refractivity contribution is 7.99. The number of nitrogens with zero attached hydrogens (tertiary/aromatic N) is 1. The molecule has 2 heterocycles. The van der Waals surface area contributed by atoms with E-state index in [0.717, 1.165) is 24.0 Å². The zero-order valence-corrected chi connectivity index (χ0v) is 12.5. The molecular weight excluding hydrogens is 333 g/mol. The molecule has 124 valence electrons. The molecule has 0 aliphatic carbocycles. The van der Waals surface area contributed by atoms with Gasteiger partial charge in [0.25, 0.3) is 0 Å². The van der Waals surface area contributed by atoms with Crippen molar-refractivity contribution in [1.82, 2.24) is 10.3 Å². The molecular formula is C14H13F3N2O3S. The number of alkyl halides is 3. The minimum absolute atomic E-state index is 0.0461. The molecule has 23 heavy (non-hydrogen) atoms. The molecule has 2 aromatic rings. The van der Waals surface area contributed by atoms with Gasteiger partial charge in [0.15, 0.2) is 0 Å². The molecule has 5 nitrogen and oxygen atoms in total. The summed E-state index contributed by atoms with van der Waals surface area (Å²) in [5, 5.41) is 12.1. The highest BCUT2D eigenvalue weighted by Gasteiger charge is 2.30. The van der Waals surface area contributed by atoms with Gasteiger partial charge in [0.1, 0.15) is 11.8 Å². The Kier molecular flexibility index (Phi) is 5.67. The Morgan fingerprint density at radius 3 is 2.70 bits per heavy atom. The van der Waals surface area contributed by atoms with Gasteiger partial charge in [-0.15, -0.1) is 0 Å². The third kappa shape index (κ3) is 5.00. The van der Waals surface area contributed by atoms with Crippen LogP contribution in [0.15, 0.2) is 46.2 Å². The SMILES string of the molecule is O=C(CSc1ccc(C(F)(F)F)cn1)NC(CO)c1ccco1. The number of aliphatic hydroxyl groups excluding tert-OH is 1. The lowest BCUT2D eigenvalue weighted by Crippen LogP contribution is -2.31. The van der Waals surface area contributed by atoms with Crippen molar-refractivity contribution in [3.05, 3.63) is 48.0 Å². The molecule has 0 saturated carbocycles. The Hall–Kier alpha value is -2.00. The first kappa shape index (κ1) is 17.4. The van der Waals surface area contributed by atoms with E-state index < -0.39 is 23.7 Å². The topological polar surface area (TPSA) is 75.4 Å². The molecule has 1 atom stereocenters. The summed E-state index contributed by atoms with van der Waals surface area (Å²) < 4.78 is 42.3. The molecule has 1 amide bonds. The number of carbonyl (C=O) groups is 1. The lowest BCUT2D eigenvalue weighted by Gasteiger charge is -2.13. The van der Waals surface area contributed by atoms with Crippen molar-refractivity contribution >= 4 is 17.7 Å². The molecule has 0 aliphatic rings. The Morgan fingerprint density at radius 1 is 1.39 bits per heavy atom. The van der Waals surface area contributed by atoms with Crippen molar-refractivity contribution in [2.24, 2.45) is 0 Å². The standard InChI is InChI=1S/C14H13F3N2O3S/c15-14(16,17)9-3-4-13(18-6-9)23-8-12(21)19-10(7-20)11-2-1-5-22-11/h1-6,10,20H,7-8H2,(H,19,21). The van der Waals surface area contributed by atoms with E-state index in [4.69, 9.17) is 4.42 Å². The van der Waals surface area contributed by atoms with Gasteiger partial charge in [0.05, 0.1) is 29.2 Å². The van der Waals surface area contributed by atoms with Crippen molar-refractivity contribution in [1.29, 1.82) is 0 Å². The van der Waals surface area contributed by atoms with E-state index in [0.29, 0.717) is 10.8 Å². The van der Waals surface area contributed by atoms with Crippen LogP contribution in [0.3, 0.4) is 0 Å². The number of pyridine rings is 1. The van der Waals surface area contributed by atoms with Gasteiger partial charge < -0.3 is 14.8 Å². The largest absolute Gasteiger partial charge is 0.467 e. The quantitative estimate of drug-likeness (QED) is 0.787. The van der Waals surface area contributed by atoms with Gasteiger partial charge in [0, 0.05) is 6.20 Å². The highest BCUT2D eigenvalue weighted by Crippen LogP contribution is 2.29. The van der Waals surface area contributed by atoms with E-state index in [2.05, 4.69) is 10.3 Å². The van der Waals surface area contributed by atoms with Gasteiger partial charge in [-0.1, -0.05) is 11.8 Å². The number of furan rings is 1. The molecule has 0 saturated heterocycles. The number of aromatic nitrogens is 1. The number of hydrogen-bond acceptors (Lipinski definition) is 5. The van der Waals surface area contributed by atoms with Crippen molar-refractivity contribution in [2.75, 3.05) is 12.4 Å². The van der Waals surface area contributed by atoms with Gasteiger partial charge in [-0.2, -0.15) is 13.2 Å². The number of nitrogens with one attached hydrogen (secondary N) is 1. The first-order valence-electron chi connectivity index (χ1n) is 6.50. The van der Waals surface area contributed by atoms with Crippen molar-refractivity contribution in [3.63, 3.8) is 0 Å². The van der Waals surface area contributed by atoms with Gasteiger partial charge in [-0.05, 0) is 24.3 Å². The van der Waals surface area contributed by atoms with E-state index in [1.807, 2.05) is 0 Å². The number of aliphatic hydroxyl groups is 1. The molecule has 0 aliphatic heterocycles. The van der Waals surface area contributed by atoms with Crippen LogP contribution in [0.4, 0.5) is 13.2 Å². The van der Waals surface area contributed by atoms with Crippen molar-refractivity contribution < 1.29 is 27.5 Å². The number of amides is 1. The minimum Gasteiger partial charge on any atom is -0.467 e. The minimum atomic E-state index is -4.44. The number of thioether (sulfide) groups is 1. The van der Waals surface area contributed by atoms with Crippen LogP contribution in [0.25, 0.3) is 0 Å². The summed E-state index contributed by atoms with van der Waals surface area (Å²) in [7, 11) is 0. The van der Waals surface area contributed by atoms with Crippen LogP contribution < -0.4 is 5.32 Å². The van der Waals surface area contributed by atoms with Crippen LogP contribution in [-0.2, 0) is 11.0 Å². The van der Waals surface area contributed by atoms with E-state index in [9.17, 15) is 23.1 Å². The summed E-state index contributed by atoms with van der Waals surface area (Å²) in [6.07, 6.45) is -2.30. The van der Waals surface area contributed by atoms with E-state index in [-0.39, 0.29) is 12.4 Å². The van der Waals surface area contributed by atoms with Crippen LogP contribution >= 0.6 is 11.8 Å². The Morgan fingerprint density at radius 2 is 2.17 bits per heavy atom. The van der Waals surface area contributed by atoms with Gasteiger partial charge in [-0.25, -0.2) is 4.98 Å². The fourth-order valence-electron chi connectivity index (χ4n) is 1.71. The molecule has 0 aromatic carbocycles. The molecule has 0 radical (unpaired) electrons. The molecule has 9 heteroatoms. The van der Waals surface area contributed by atoms with Crippen molar-refractivity contribution in [2.45, 2.75) is 17.2 Å². The first-order chi connectivity index (χ1) is 10.9. The van der Waals surface area contributed by atoms with Gasteiger partial charge in [0.2, 0.25) is 5.91 Å². The second-order valence-corrected chi connectivity index (χ2v) is 5.49. The second kappa shape index (κ2) is 7.51. The summed E-state index contributed by atoms with van der Waals surface area (Å²) in [5.74, 6) is -0.0269. The van der Waals surface area contributed by atoms with E-state index >= 15 is 0 Å². The molecule has 0 bridgehead atoms. The van der Waals surface area contributed by atoms with Crippen LogP contribution in [0.5, 0.6) is 0 Å². The van der Waals surface area contributed by atoms with Gasteiger partial charge in [-0.3, -0.25) is 4.79 Å². The maximum atomic E-state index is 12.4. The fraction of sp³-hybridized carbons (Fsp3) is 0.286. The number of rotatable bonds is 6. The summed E-state index contributed by atoms with van der Waals surface area (Å²) in [6.45, 7) is -0.331. The average Bonchev–Trinajstić information content (AvgIpc) is 3.04. The normalized spacial score (nSPS) is 12.9. The summed E-state index contributed by atoms with van der Waals surface area (Å²) in [6, 6.07) is 4.69. The molecule has 2 rings (SSSR count). The first-order valence-corrected chi connectivity index (χ1v) is 7.48. The van der Waals surface area contributed by atoms with Crippen LogP contribution in [0.2, 0.25) is 0 Å². The van der Waals surface area contributed by atoms with E-state index in [1.165, 1.54) is 12.3 Å². The van der Waals surface area contributed by atoms with Crippen molar-refractivity contribution in [3.8, 4) is 0 Å².